The molecular weight excluding hydrogens is 455 g/mol. The molecule has 0 saturated heterocycles. The molecule has 12 nitrogen and oxygen atoms in total. The molecule has 0 bridgehead atoms. The zero-order chi connectivity index (χ0) is 25.2. The molecule has 1 aromatic heterocycles. The molecule has 2 aromatic rings. The lowest BCUT2D eigenvalue weighted by Crippen LogP contribution is -2.42. The number of nitro benzene ring substituents is 1. The first-order valence-electron chi connectivity index (χ1n) is 9.04. The second-order valence-electron chi connectivity index (χ2n) is 6.85. The number of aromatic nitrogens is 2. The van der Waals surface area contributed by atoms with Gasteiger partial charge in [-0.05, 0) is 19.1 Å². The number of carbonyl (C=O) groups is 2. The summed E-state index contributed by atoms with van der Waals surface area (Å²) in [5, 5.41) is 13.5. The van der Waals surface area contributed by atoms with Crippen LogP contribution in [0.5, 0.6) is 0 Å². The Hall–Kier alpha value is -4.17. The number of benzene rings is 1. The van der Waals surface area contributed by atoms with E-state index in [1.54, 1.807) is 0 Å². The van der Waals surface area contributed by atoms with Gasteiger partial charge in [-0.2, -0.15) is 13.2 Å². The molecule has 33 heavy (non-hydrogen) atoms. The van der Waals surface area contributed by atoms with Crippen molar-refractivity contribution in [3.8, 4) is 0 Å². The summed E-state index contributed by atoms with van der Waals surface area (Å²) in [6, 6.07) is 0.357. The van der Waals surface area contributed by atoms with Gasteiger partial charge in [-0.25, -0.2) is 9.59 Å². The Bertz CT molecular complexity index is 1250. The fourth-order valence-corrected chi connectivity index (χ4v) is 2.73. The largest absolute Gasteiger partial charge is 0.456 e. The van der Waals surface area contributed by atoms with Crippen LogP contribution in [0, 0.1) is 10.1 Å². The van der Waals surface area contributed by atoms with Crippen LogP contribution < -0.4 is 22.3 Å². The van der Waals surface area contributed by atoms with Gasteiger partial charge in [0.25, 0.3) is 11.2 Å². The van der Waals surface area contributed by atoms with E-state index in [1.807, 2.05) is 0 Å². The molecular formula is C18H18F3N5O7. The van der Waals surface area contributed by atoms with E-state index in [-0.39, 0.29) is 5.69 Å². The van der Waals surface area contributed by atoms with Gasteiger partial charge < -0.3 is 15.8 Å². The predicted molar refractivity (Wildman–Crippen MR) is 108 cm³/mol. The summed E-state index contributed by atoms with van der Waals surface area (Å²) in [5.74, 6) is -2.54. The second-order valence-corrected chi connectivity index (χ2v) is 6.85. The number of rotatable bonds is 7. The molecule has 0 amide bonds. The Kier molecular flexibility index (Phi) is 6.95. The van der Waals surface area contributed by atoms with Crippen LogP contribution >= 0.6 is 0 Å². The summed E-state index contributed by atoms with van der Waals surface area (Å²) in [4.78, 5) is 58.6. The quantitative estimate of drug-likeness (QED) is 0.256. The first-order chi connectivity index (χ1) is 15.2. The van der Waals surface area contributed by atoms with Gasteiger partial charge in [0.2, 0.25) is 5.78 Å². The standard InChI is InChI=1S/C18H18F3N5O7/c1-8(23-10-5-4-9(18(19,20)21)6-11(10)26(31)32)16(29)33-7-12(27)13-14(22)24(2)17(30)25(3)15(13)28/h4-6,8,23H,7,22H2,1-3H3. The number of ketones is 1. The summed E-state index contributed by atoms with van der Waals surface area (Å²) < 4.78 is 44.7. The molecule has 15 heteroatoms. The van der Waals surface area contributed by atoms with Crippen LogP contribution in [-0.4, -0.2) is 38.5 Å². The van der Waals surface area contributed by atoms with E-state index in [0.29, 0.717) is 16.7 Å². The Labute approximate surface area is 182 Å². The zero-order valence-corrected chi connectivity index (χ0v) is 17.4. The van der Waals surface area contributed by atoms with Crippen molar-refractivity contribution in [2.24, 2.45) is 14.1 Å². The van der Waals surface area contributed by atoms with Crippen LogP contribution in [0.25, 0.3) is 0 Å². The number of nitro groups is 1. The highest BCUT2D eigenvalue weighted by Gasteiger charge is 2.33. The number of carbonyl (C=O) groups excluding carboxylic acids is 2. The number of nitrogens with zero attached hydrogens (tertiary/aromatic N) is 3. The maximum Gasteiger partial charge on any atom is 0.416 e. The average Bonchev–Trinajstić information content (AvgIpc) is 2.73. The number of hydrogen-bond donors (Lipinski definition) is 2. The van der Waals surface area contributed by atoms with Gasteiger partial charge in [-0.3, -0.25) is 28.8 Å². The molecule has 1 aromatic carbocycles. The number of hydrogen-bond acceptors (Lipinski definition) is 9. The first kappa shape index (κ1) is 25.1. The third-order valence-electron chi connectivity index (χ3n) is 4.58. The normalized spacial score (nSPS) is 12.2. The summed E-state index contributed by atoms with van der Waals surface area (Å²) in [5.41, 5.74) is 0.721. The average molecular weight is 473 g/mol. The van der Waals surface area contributed by atoms with Crippen molar-refractivity contribution in [1.82, 2.24) is 9.13 Å². The summed E-state index contributed by atoms with van der Waals surface area (Å²) >= 11 is 0. The van der Waals surface area contributed by atoms with Crippen molar-refractivity contribution in [3.63, 3.8) is 0 Å². The molecule has 2 rings (SSSR count). The van der Waals surface area contributed by atoms with E-state index < -0.39 is 69.4 Å². The Morgan fingerprint density at radius 1 is 1.24 bits per heavy atom. The lowest BCUT2D eigenvalue weighted by atomic mass is 10.1. The third kappa shape index (κ3) is 5.19. The van der Waals surface area contributed by atoms with Gasteiger partial charge in [0, 0.05) is 20.2 Å². The highest BCUT2D eigenvalue weighted by molar-refractivity contribution is 6.01. The monoisotopic (exact) mass is 473 g/mol. The molecule has 1 heterocycles. The molecule has 0 radical (unpaired) electrons. The number of nitrogens with one attached hydrogen (secondary N) is 1. The highest BCUT2D eigenvalue weighted by Crippen LogP contribution is 2.35. The molecule has 0 saturated carbocycles. The SMILES string of the molecule is CC(Nc1ccc(C(F)(F)F)cc1[N+](=O)[O-])C(=O)OCC(=O)c1c(N)n(C)c(=O)n(C)c1=O. The van der Waals surface area contributed by atoms with Gasteiger partial charge in [0.05, 0.1) is 10.5 Å². The van der Waals surface area contributed by atoms with E-state index >= 15 is 0 Å². The molecule has 178 valence electrons. The first-order valence-corrected chi connectivity index (χ1v) is 9.04. The zero-order valence-electron chi connectivity index (χ0n) is 17.4. The topological polar surface area (TPSA) is 169 Å². The van der Waals surface area contributed by atoms with E-state index in [0.717, 1.165) is 17.7 Å². The summed E-state index contributed by atoms with van der Waals surface area (Å²) in [6.45, 7) is 0.241. The lowest BCUT2D eigenvalue weighted by molar-refractivity contribution is -0.384. The lowest BCUT2D eigenvalue weighted by Gasteiger charge is -2.16. The molecule has 0 fully saturated rings. The summed E-state index contributed by atoms with van der Waals surface area (Å²) in [7, 11) is 2.35. The van der Waals surface area contributed by atoms with E-state index in [4.69, 9.17) is 10.5 Å². The van der Waals surface area contributed by atoms with Gasteiger partial charge in [-0.1, -0.05) is 0 Å². The van der Waals surface area contributed by atoms with Gasteiger partial charge in [0.15, 0.2) is 6.61 Å². The number of Topliss-reactive ketones (excluding diaryl/α,β-unsaturated/α-hetero) is 1. The molecule has 0 spiro atoms. The Balaban J connectivity index is 2.17. The van der Waals surface area contributed by atoms with Crippen molar-refractivity contribution in [2.75, 3.05) is 17.7 Å². The number of nitrogen functional groups attached to an aromatic ring is 1. The fourth-order valence-electron chi connectivity index (χ4n) is 2.73. The maximum absolute atomic E-state index is 12.8. The van der Waals surface area contributed by atoms with E-state index in [9.17, 15) is 42.5 Å². The van der Waals surface area contributed by atoms with Gasteiger partial charge in [0.1, 0.15) is 23.1 Å². The van der Waals surface area contributed by atoms with Crippen LogP contribution in [0.4, 0.5) is 30.4 Å². The maximum atomic E-state index is 12.8. The Morgan fingerprint density at radius 2 is 1.85 bits per heavy atom. The second kappa shape index (κ2) is 9.13. The molecule has 0 aliphatic carbocycles. The molecule has 1 unspecified atom stereocenters. The van der Waals surface area contributed by atoms with Crippen LogP contribution in [0.1, 0.15) is 22.8 Å². The number of alkyl halides is 3. The predicted octanol–water partition coefficient (Wildman–Crippen LogP) is 0.820. The van der Waals surface area contributed by atoms with E-state index in [2.05, 4.69) is 5.32 Å². The van der Waals surface area contributed by atoms with E-state index in [1.165, 1.54) is 14.0 Å². The van der Waals surface area contributed by atoms with Crippen molar-refractivity contribution >= 4 is 28.9 Å². The Morgan fingerprint density at radius 3 is 2.39 bits per heavy atom. The fraction of sp³-hybridized carbons (Fsp3) is 0.333. The molecule has 0 aliphatic heterocycles. The van der Waals surface area contributed by atoms with Crippen LogP contribution in [-0.2, 0) is 29.8 Å². The van der Waals surface area contributed by atoms with Crippen LogP contribution in [0.15, 0.2) is 27.8 Å². The van der Waals surface area contributed by atoms with Gasteiger partial charge >= 0.3 is 17.8 Å². The number of halogens is 3. The number of nitrogens with two attached hydrogens (primary N) is 1. The van der Waals surface area contributed by atoms with Crippen molar-refractivity contribution in [1.29, 1.82) is 0 Å². The third-order valence-corrected chi connectivity index (χ3v) is 4.58. The highest BCUT2D eigenvalue weighted by atomic mass is 19.4. The molecule has 0 aliphatic rings. The molecule has 1 atom stereocenters. The number of anilines is 2. The summed E-state index contributed by atoms with van der Waals surface area (Å²) in [6.07, 6.45) is -4.81. The number of ether oxygens (including phenoxy) is 1. The molecule has 3 N–H and O–H groups in total. The van der Waals surface area contributed by atoms with Crippen molar-refractivity contribution in [2.45, 2.75) is 19.1 Å². The minimum absolute atomic E-state index is 0.308. The minimum atomic E-state index is -4.81. The van der Waals surface area contributed by atoms with Crippen molar-refractivity contribution in [3.05, 3.63) is 60.3 Å². The smallest absolute Gasteiger partial charge is 0.416 e. The van der Waals surface area contributed by atoms with Crippen LogP contribution in [0.3, 0.4) is 0 Å². The van der Waals surface area contributed by atoms with Gasteiger partial charge in [-0.15, -0.1) is 0 Å². The number of esters is 1. The minimum Gasteiger partial charge on any atom is -0.456 e. The van der Waals surface area contributed by atoms with Crippen LogP contribution in [0.2, 0.25) is 0 Å². The van der Waals surface area contributed by atoms with Crippen molar-refractivity contribution < 1.29 is 32.4 Å².